The zero-order valence-electron chi connectivity index (χ0n) is 6.27. The molecule has 12 heavy (non-hydrogen) atoms. The van der Waals surface area contributed by atoms with E-state index >= 15 is 0 Å². The SMILES string of the molecule is Cc1cnc(Cl)c2sc(Cl)cc12. The Bertz CT molecular complexity index is 397. The van der Waals surface area contributed by atoms with Gasteiger partial charge in [-0.3, -0.25) is 0 Å². The Hall–Kier alpha value is -0.310. The van der Waals surface area contributed by atoms with Crippen LogP contribution >= 0.6 is 34.5 Å². The van der Waals surface area contributed by atoms with Gasteiger partial charge in [0.05, 0.1) is 9.04 Å². The largest absolute Gasteiger partial charge is 0.243 e. The molecule has 0 aliphatic rings. The van der Waals surface area contributed by atoms with E-state index in [2.05, 4.69) is 4.98 Å². The summed E-state index contributed by atoms with van der Waals surface area (Å²) in [6, 6.07) is 1.92. The van der Waals surface area contributed by atoms with Crippen LogP contribution in [0.4, 0.5) is 0 Å². The molecule has 0 radical (unpaired) electrons. The van der Waals surface area contributed by atoms with E-state index in [1.54, 1.807) is 6.20 Å². The maximum Gasteiger partial charge on any atom is 0.146 e. The molecule has 0 saturated heterocycles. The Morgan fingerprint density at radius 3 is 2.83 bits per heavy atom. The second-order valence-corrected chi connectivity index (χ2v) is 4.57. The molecule has 4 heteroatoms. The molecule has 0 aromatic carbocycles. The molecule has 0 unspecified atom stereocenters. The van der Waals surface area contributed by atoms with Crippen molar-refractivity contribution in [2.75, 3.05) is 0 Å². The highest BCUT2D eigenvalue weighted by molar-refractivity contribution is 7.23. The number of rotatable bonds is 0. The van der Waals surface area contributed by atoms with Crippen LogP contribution in [0, 0.1) is 6.92 Å². The fourth-order valence-corrected chi connectivity index (χ4v) is 2.53. The van der Waals surface area contributed by atoms with Crippen LogP contribution in [0.25, 0.3) is 10.1 Å². The van der Waals surface area contributed by atoms with Crippen LogP contribution in [-0.2, 0) is 0 Å². The summed E-state index contributed by atoms with van der Waals surface area (Å²) >= 11 is 13.2. The Kier molecular flexibility index (Phi) is 1.99. The smallest absolute Gasteiger partial charge is 0.146 e. The fraction of sp³-hybridized carbons (Fsp3) is 0.125. The van der Waals surface area contributed by atoms with Gasteiger partial charge < -0.3 is 0 Å². The Labute approximate surface area is 83.9 Å². The number of pyridine rings is 1. The topological polar surface area (TPSA) is 12.9 Å². The molecule has 0 amide bonds. The molecule has 0 saturated carbocycles. The summed E-state index contributed by atoms with van der Waals surface area (Å²) < 4.78 is 1.73. The molecule has 0 spiro atoms. The van der Waals surface area contributed by atoms with Crippen LogP contribution in [0.2, 0.25) is 9.49 Å². The number of aryl methyl sites for hydroxylation is 1. The normalized spacial score (nSPS) is 10.9. The Morgan fingerprint density at radius 2 is 2.17 bits per heavy atom. The first-order valence-corrected chi connectivity index (χ1v) is 4.96. The Balaban J connectivity index is 2.93. The molecule has 0 aliphatic heterocycles. The van der Waals surface area contributed by atoms with Crippen LogP contribution < -0.4 is 0 Å². The fourth-order valence-electron chi connectivity index (χ4n) is 1.09. The molecular weight excluding hydrogens is 213 g/mol. The predicted octanol–water partition coefficient (Wildman–Crippen LogP) is 3.91. The zero-order chi connectivity index (χ0) is 8.72. The highest BCUT2D eigenvalue weighted by atomic mass is 35.5. The van der Waals surface area contributed by atoms with Gasteiger partial charge >= 0.3 is 0 Å². The van der Waals surface area contributed by atoms with E-state index in [0.717, 1.165) is 20.0 Å². The van der Waals surface area contributed by atoms with Crippen molar-refractivity contribution in [3.63, 3.8) is 0 Å². The van der Waals surface area contributed by atoms with E-state index in [1.165, 1.54) is 11.3 Å². The van der Waals surface area contributed by atoms with Crippen molar-refractivity contribution in [2.45, 2.75) is 6.92 Å². The van der Waals surface area contributed by atoms with E-state index in [9.17, 15) is 0 Å². The first-order chi connectivity index (χ1) is 5.68. The van der Waals surface area contributed by atoms with Gasteiger partial charge in [-0.15, -0.1) is 11.3 Å². The van der Waals surface area contributed by atoms with Crippen molar-refractivity contribution in [3.05, 3.63) is 27.3 Å². The average Bonchev–Trinajstić information content (AvgIpc) is 2.41. The van der Waals surface area contributed by atoms with Gasteiger partial charge in [0.2, 0.25) is 0 Å². The van der Waals surface area contributed by atoms with Crippen LogP contribution in [-0.4, -0.2) is 4.98 Å². The standard InChI is InChI=1S/C8H5Cl2NS/c1-4-3-11-8(10)7-5(4)2-6(9)12-7/h2-3H,1H3. The van der Waals surface area contributed by atoms with Gasteiger partial charge in [0.1, 0.15) is 5.15 Å². The quantitative estimate of drug-likeness (QED) is 0.611. The molecule has 2 rings (SSSR count). The molecule has 2 aromatic rings. The Morgan fingerprint density at radius 1 is 1.42 bits per heavy atom. The minimum atomic E-state index is 0.535. The van der Waals surface area contributed by atoms with E-state index in [0.29, 0.717) is 5.15 Å². The molecular formula is C8H5Cl2NS. The highest BCUT2D eigenvalue weighted by Gasteiger charge is 2.06. The summed E-state index contributed by atoms with van der Waals surface area (Å²) in [6.07, 6.45) is 1.76. The van der Waals surface area contributed by atoms with Crippen molar-refractivity contribution in [3.8, 4) is 0 Å². The second-order valence-electron chi connectivity index (χ2n) is 2.53. The van der Waals surface area contributed by atoms with Gasteiger partial charge in [0.25, 0.3) is 0 Å². The van der Waals surface area contributed by atoms with Crippen molar-refractivity contribution in [1.82, 2.24) is 4.98 Å². The number of fused-ring (bicyclic) bond motifs is 1. The number of thiophene rings is 1. The summed E-state index contributed by atoms with van der Waals surface area (Å²) in [4.78, 5) is 4.04. The molecule has 0 aliphatic carbocycles. The number of halogens is 2. The second kappa shape index (κ2) is 2.87. The highest BCUT2D eigenvalue weighted by Crippen LogP contribution is 2.34. The van der Waals surface area contributed by atoms with Crippen LogP contribution in [0.3, 0.4) is 0 Å². The van der Waals surface area contributed by atoms with Gasteiger partial charge in [0, 0.05) is 11.6 Å². The molecule has 0 fully saturated rings. The predicted molar refractivity (Wildman–Crippen MR) is 54.4 cm³/mol. The summed E-state index contributed by atoms with van der Waals surface area (Å²) in [7, 11) is 0. The van der Waals surface area contributed by atoms with Gasteiger partial charge in [-0.25, -0.2) is 4.98 Å². The lowest BCUT2D eigenvalue weighted by atomic mass is 10.2. The van der Waals surface area contributed by atoms with Crippen molar-refractivity contribution in [1.29, 1.82) is 0 Å². The third-order valence-electron chi connectivity index (χ3n) is 1.69. The van der Waals surface area contributed by atoms with Gasteiger partial charge in [-0.1, -0.05) is 23.2 Å². The van der Waals surface area contributed by atoms with Gasteiger partial charge in [-0.05, 0) is 18.6 Å². The third kappa shape index (κ3) is 1.20. The summed E-state index contributed by atoms with van der Waals surface area (Å²) in [6.45, 7) is 1.99. The van der Waals surface area contributed by atoms with E-state index in [1.807, 2.05) is 13.0 Å². The maximum absolute atomic E-state index is 5.88. The molecule has 0 bridgehead atoms. The van der Waals surface area contributed by atoms with Crippen molar-refractivity contribution < 1.29 is 0 Å². The van der Waals surface area contributed by atoms with E-state index in [4.69, 9.17) is 23.2 Å². The monoisotopic (exact) mass is 217 g/mol. The molecule has 1 nitrogen and oxygen atoms in total. The molecule has 0 N–H and O–H groups in total. The molecule has 62 valence electrons. The number of hydrogen-bond acceptors (Lipinski definition) is 2. The van der Waals surface area contributed by atoms with Crippen molar-refractivity contribution >= 4 is 44.6 Å². The minimum absolute atomic E-state index is 0.535. The van der Waals surface area contributed by atoms with E-state index < -0.39 is 0 Å². The summed E-state index contributed by atoms with van der Waals surface area (Å²) in [5.74, 6) is 0. The van der Waals surface area contributed by atoms with Crippen LogP contribution in [0.1, 0.15) is 5.56 Å². The molecule has 2 aromatic heterocycles. The molecule has 2 heterocycles. The van der Waals surface area contributed by atoms with Crippen LogP contribution in [0.15, 0.2) is 12.3 Å². The maximum atomic E-state index is 5.88. The lowest BCUT2D eigenvalue weighted by Gasteiger charge is -1.95. The lowest BCUT2D eigenvalue weighted by Crippen LogP contribution is -1.77. The summed E-state index contributed by atoms with van der Waals surface area (Å²) in [5.41, 5.74) is 1.11. The number of aromatic nitrogens is 1. The lowest BCUT2D eigenvalue weighted by molar-refractivity contribution is 1.32. The van der Waals surface area contributed by atoms with Gasteiger partial charge in [0.15, 0.2) is 0 Å². The number of hydrogen-bond donors (Lipinski definition) is 0. The first-order valence-electron chi connectivity index (χ1n) is 3.38. The minimum Gasteiger partial charge on any atom is -0.243 e. The first kappa shape index (κ1) is 8.30. The molecule has 0 atom stereocenters. The average molecular weight is 218 g/mol. The number of nitrogens with zero attached hydrogens (tertiary/aromatic N) is 1. The third-order valence-corrected chi connectivity index (χ3v) is 3.36. The zero-order valence-corrected chi connectivity index (χ0v) is 8.59. The van der Waals surface area contributed by atoms with Crippen molar-refractivity contribution in [2.24, 2.45) is 0 Å². The van der Waals surface area contributed by atoms with Gasteiger partial charge in [-0.2, -0.15) is 0 Å². The van der Waals surface area contributed by atoms with Crippen LogP contribution in [0.5, 0.6) is 0 Å². The summed E-state index contributed by atoms with van der Waals surface area (Å²) in [5, 5.41) is 1.64. The van der Waals surface area contributed by atoms with E-state index in [-0.39, 0.29) is 0 Å².